The maximum atomic E-state index is 12.4. The van der Waals surface area contributed by atoms with E-state index in [0.29, 0.717) is 25.9 Å². The van der Waals surface area contributed by atoms with E-state index in [1.807, 2.05) is 0 Å². The number of hydrogen-bond acceptors (Lipinski definition) is 5. The van der Waals surface area contributed by atoms with Gasteiger partial charge in [-0.1, -0.05) is 308 Å². The van der Waals surface area contributed by atoms with E-state index in [0.717, 1.165) is 44.9 Å². The van der Waals surface area contributed by atoms with E-state index in [1.54, 1.807) is 0 Å². The zero-order valence-electron chi connectivity index (χ0n) is 48.0. The van der Waals surface area contributed by atoms with Gasteiger partial charge in [-0.05, 0) is 57.8 Å². The van der Waals surface area contributed by atoms with E-state index in [4.69, 9.17) is 4.74 Å². The molecular formula is C65H125NO5. The minimum Gasteiger partial charge on any atom is -0.466 e. The van der Waals surface area contributed by atoms with Crippen molar-refractivity contribution in [3.8, 4) is 0 Å². The summed E-state index contributed by atoms with van der Waals surface area (Å²) >= 11 is 0. The van der Waals surface area contributed by atoms with Gasteiger partial charge in [0.1, 0.15) is 0 Å². The van der Waals surface area contributed by atoms with Gasteiger partial charge in [0.05, 0.1) is 25.4 Å². The van der Waals surface area contributed by atoms with Crippen LogP contribution in [0, 0.1) is 0 Å². The molecule has 2 atom stereocenters. The first-order valence-electron chi connectivity index (χ1n) is 32.1. The number of carbonyl (C=O) groups is 2. The Hall–Kier alpha value is -1.66. The molecule has 0 spiro atoms. The number of rotatable bonds is 60. The Labute approximate surface area is 443 Å². The van der Waals surface area contributed by atoms with Crippen molar-refractivity contribution in [3.05, 3.63) is 24.3 Å². The molecule has 6 heteroatoms. The Bertz CT molecular complexity index is 1110. The first kappa shape index (κ1) is 69.3. The minimum atomic E-state index is -0.664. The van der Waals surface area contributed by atoms with Gasteiger partial charge in [0.2, 0.25) is 5.91 Å². The van der Waals surface area contributed by atoms with E-state index < -0.39 is 12.1 Å². The van der Waals surface area contributed by atoms with Gasteiger partial charge < -0.3 is 20.3 Å². The van der Waals surface area contributed by atoms with E-state index in [9.17, 15) is 19.8 Å². The van der Waals surface area contributed by atoms with E-state index in [-0.39, 0.29) is 18.5 Å². The predicted octanol–water partition coefficient (Wildman–Crippen LogP) is 20.2. The summed E-state index contributed by atoms with van der Waals surface area (Å²) in [7, 11) is 0. The monoisotopic (exact) mass is 1000 g/mol. The van der Waals surface area contributed by atoms with Gasteiger partial charge in [0, 0.05) is 12.8 Å². The lowest BCUT2D eigenvalue weighted by Crippen LogP contribution is -2.45. The van der Waals surface area contributed by atoms with E-state index in [1.165, 1.54) is 276 Å². The van der Waals surface area contributed by atoms with Crippen LogP contribution in [-0.2, 0) is 14.3 Å². The highest BCUT2D eigenvalue weighted by Crippen LogP contribution is 2.18. The van der Waals surface area contributed by atoms with Gasteiger partial charge in [0.15, 0.2) is 0 Å². The topological polar surface area (TPSA) is 95.9 Å². The lowest BCUT2D eigenvalue weighted by Gasteiger charge is -2.22. The first-order valence-corrected chi connectivity index (χ1v) is 32.1. The summed E-state index contributed by atoms with van der Waals surface area (Å²) in [5, 5.41) is 23.1. The van der Waals surface area contributed by atoms with Crippen molar-refractivity contribution in [2.75, 3.05) is 13.2 Å². The molecule has 2 unspecified atom stereocenters. The fraction of sp³-hybridized carbons (Fsp3) is 0.908. The molecule has 0 rings (SSSR count). The van der Waals surface area contributed by atoms with Crippen LogP contribution >= 0.6 is 0 Å². The van der Waals surface area contributed by atoms with Crippen molar-refractivity contribution in [1.82, 2.24) is 5.32 Å². The highest BCUT2D eigenvalue weighted by molar-refractivity contribution is 5.76. The molecule has 3 N–H and O–H groups in total. The van der Waals surface area contributed by atoms with Crippen LogP contribution in [0.25, 0.3) is 0 Å². The van der Waals surface area contributed by atoms with Gasteiger partial charge in [0.25, 0.3) is 0 Å². The van der Waals surface area contributed by atoms with E-state index >= 15 is 0 Å². The third kappa shape index (κ3) is 57.5. The van der Waals surface area contributed by atoms with Gasteiger partial charge in [-0.3, -0.25) is 9.59 Å². The molecule has 420 valence electrons. The van der Waals surface area contributed by atoms with Crippen LogP contribution in [0.15, 0.2) is 24.3 Å². The van der Waals surface area contributed by atoms with Crippen molar-refractivity contribution in [3.63, 3.8) is 0 Å². The smallest absolute Gasteiger partial charge is 0.305 e. The van der Waals surface area contributed by atoms with Crippen molar-refractivity contribution in [2.24, 2.45) is 0 Å². The fourth-order valence-corrected chi connectivity index (χ4v) is 10.1. The average Bonchev–Trinajstić information content (AvgIpc) is 3.37. The highest BCUT2D eigenvalue weighted by Gasteiger charge is 2.20. The second kappa shape index (κ2) is 60.9. The number of carbonyl (C=O) groups excluding carboxylic acids is 2. The predicted molar refractivity (Wildman–Crippen MR) is 310 cm³/mol. The maximum absolute atomic E-state index is 12.4. The molecule has 0 saturated heterocycles. The number of amides is 1. The molecule has 0 aromatic carbocycles. The number of hydrogen-bond donors (Lipinski definition) is 3. The average molecular weight is 1000 g/mol. The van der Waals surface area contributed by atoms with Gasteiger partial charge in [-0.2, -0.15) is 0 Å². The molecule has 0 aromatic rings. The number of nitrogens with one attached hydrogen (secondary N) is 1. The van der Waals surface area contributed by atoms with Crippen molar-refractivity contribution in [1.29, 1.82) is 0 Å². The fourth-order valence-electron chi connectivity index (χ4n) is 10.1. The zero-order valence-corrected chi connectivity index (χ0v) is 48.0. The van der Waals surface area contributed by atoms with Crippen molar-refractivity contribution >= 4 is 11.9 Å². The molecule has 6 nitrogen and oxygen atoms in total. The lowest BCUT2D eigenvalue weighted by molar-refractivity contribution is -0.143. The minimum absolute atomic E-state index is 0.0153. The van der Waals surface area contributed by atoms with Crippen LogP contribution in [0.3, 0.4) is 0 Å². The molecule has 0 aliphatic carbocycles. The largest absolute Gasteiger partial charge is 0.466 e. The van der Waals surface area contributed by atoms with Gasteiger partial charge in [-0.15, -0.1) is 0 Å². The lowest BCUT2D eigenvalue weighted by atomic mass is 10.0. The summed E-state index contributed by atoms with van der Waals surface area (Å²) in [4.78, 5) is 24.5. The summed E-state index contributed by atoms with van der Waals surface area (Å²) in [6, 6.07) is -0.541. The number of aliphatic hydroxyl groups is 2. The third-order valence-electron chi connectivity index (χ3n) is 15.0. The van der Waals surface area contributed by atoms with Crippen LogP contribution in [0.1, 0.15) is 354 Å². The second-order valence-corrected chi connectivity index (χ2v) is 22.1. The summed E-state index contributed by atoms with van der Waals surface area (Å²) < 4.78 is 5.50. The Morgan fingerprint density at radius 2 is 0.704 bits per heavy atom. The molecule has 0 aromatic heterocycles. The molecule has 71 heavy (non-hydrogen) atoms. The molecule has 0 saturated carbocycles. The molecule has 0 bridgehead atoms. The molecule has 1 amide bonds. The number of aliphatic hydroxyl groups excluding tert-OH is 2. The molecule has 0 aliphatic heterocycles. The summed E-state index contributed by atoms with van der Waals surface area (Å²) in [5.41, 5.74) is 0. The SMILES string of the molecule is CCCCCCCCCCCCCCCCCCCCC(=O)OCCCCCCCCCCC/C=C\C/C=C\CCCCCCCCCCCCCC(=O)NC(CO)C(O)CCCCCCCCCCC. The van der Waals surface area contributed by atoms with Crippen LogP contribution < -0.4 is 5.32 Å². The normalized spacial score (nSPS) is 12.7. The summed E-state index contributed by atoms with van der Waals surface area (Å²) in [6.07, 6.45) is 75.0. The zero-order chi connectivity index (χ0) is 51.4. The Morgan fingerprint density at radius 3 is 1.07 bits per heavy atom. The number of unbranched alkanes of at least 4 members (excludes halogenated alkanes) is 45. The quantitative estimate of drug-likeness (QED) is 0.0320. The molecule has 0 heterocycles. The third-order valence-corrected chi connectivity index (χ3v) is 15.0. The van der Waals surface area contributed by atoms with Gasteiger partial charge >= 0.3 is 5.97 Å². The Morgan fingerprint density at radius 1 is 0.394 bits per heavy atom. The summed E-state index contributed by atoms with van der Waals surface area (Å²) in [6.45, 7) is 4.95. The van der Waals surface area contributed by atoms with Crippen LogP contribution in [0.4, 0.5) is 0 Å². The first-order chi connectivity index (χ1) is 35.0. The summed E-state index contributed by atoms with van der Waals surface area (Å²) in [5.74, 6) is -0.0243. The van der Waals surface area contributed by atoms with Crippen LogP contribution in [0.5, 0.6) is 0 Å². The van der Waals surface area contributed by atoms with E-state index in [2.05, 4.69) is 43.5 Å². The van der Waals surface area contributed by atoms with Crippen molar-refractivity contribution in [2.45, 2.75) is 366 Å². The van der Waals surface area contributed by atoms with Crippen LogP contribution in [-0.4, -0.2) is 47.4 Å². The molecule has 0 fully saturated rings. The number of esters is 1. The Balaban J connectivity index is 3.37. The maximum Gasteiger partial charge on any atom is 0.305 e. The number of allylic oxidation sites excluding steroid dienone is 4. The van der Waals surface area contributed by atoms with Gasteiger partial charge in [-0.25, -0.2) is 0 Å². The number of ether oxygens (including phenoxy) is 1. The highest BCUT2D eigenvalue weighted by atomic mass is 16.5. The Kier molecular flexibility index (Phi) is 59.5. The van der Waals surface area contributed by atoms with Crippen molar-refractivity contribution < 1.29 is 24.5 Å². The molecular weight excluding hydrogens is 875 g/mol. The molecule has 0 radical (unpaired) electrons. The van der Waals surface area contributed by atoms with Crippen LogP contribution in [0.2, 0.25) is 0 Å². The molecule has 0 aliphatic rings. The standard InChI is InChI=1S/C65H125NO5/c1-3-5-7-9-11-13-14-15-16-17-30-33-36-39-43-47-51-55-59-65(70)71-60-56-52-48-44-40-37-34-31-28-26-24-22-20-18-19-21-23-25-27-29-32-35-38-42-46-50-54-58-64(69)66-62(61-67)63(68)57-53-49-45-41-12-10-8-6-4-2/h18-19,22,24,62-63,67-68H,3-17,20-21,23,25-61H2,1-2H3,(H,66,69)/b19-18-,24-22-. The second-order valence-electron chi connectivity index (χ2n) is 22.1.